The zero-order valence-corrected chi connectivity index (χ0v) is 5.62. The summed E-state index contributed by atoms with van der Waals surface area (Å²) < 4.78 is 0. The molecule has 0 aliphatic rings. The molecule has 0 aliphatic carbocycles. The van der Waals surface area contributed by atoms with Gasteiger partial charge in [-0.3, -0.25) is 0 Å². The van der Waals surface area contributed by atoms with Gasteiger partial charge in [0.25, 0.3) is 0 Å². The second-order valence-electron chi connectivity index (χ2n) is 1.31. The van der Waals surface area contributed by atoms with Crippen LogP contribution in [0.2, 0.25) is 0 Å². The van der Waals surface area contributed by atoms with Crippen molar-refractivity contribution in [2.75, 3.05) is 6.54 Å². The maximum Gasteiger partial charge on any atom is 0.0115 e. The molecule has 0 spiro atoms. The van der Waals surface area contributed by atoms with E-state index in [4.69, 9.17) is 5.41 Å². The molecule has 0 aliphatic heterocycles. The van der Waals surface area contributed by atoms with Crippen LogP contribution in [-0.2, 0) is 0 Å². The van der Waals surface area contributed by atoms with Crippen LogP contribution in [0, 0.1) is 5.41 Å². The fraction of sp³-hybridized carbons (Fsp3) is 0.500. The van der Waals surface area contributed by atoms with Crippen molar-refractivity contribution >= 4 is 6.72 Å². The topological polar surface area (TPSA) is 35.9 Å². The van der Waals surface area contributed by atoms with Gasteiger partial charge in [0.05, 0.1) is 0 Å². The molecule has 0 bridgehead atoms. The molecule has 0 aromatic rings. The van der Waals surface area contributed by atoms with Gasteiger partial charge in [0, 0.05) is 12.2 Å². The SMILES string of the molecule is C=C(C)NCC.C=N. The number of hydrogen-bond acceptors (Lipinski definition) is 2. The average Bonchev–Trinajstić information content (AvgIpc) is 1.72. The zero-order valence-electron chi connectivity index (χ0n) is 5.62. The minimum atomic E-state index is 0.981. The van der Waals surface area contributed by atoms with Crippen molar-refractivity contribution in [2.45, 2.75) is 13.8 Å². The van der Waals surface area contributed by atoms with E-state index in [1.165, 1.54) is 0 Å². The Hall–Kier alpha value is -0.790. The molecular formula is C6H14N2. The number of allylic oxidation sites excluding steroid dienone is 1. The molecule has 8 heavy (non-hydrogen) atoms. The standard InChI is InChI=1S/C5H11N.CH3N/c1-4-6-5(2)3;1-2/h6H,2,4H2,1,3H3;2H,1H2. The molecule has 0 aromatic carbocycles. The normalized spacial score (nSPS) is 6.25. The van der Waals surface area contributed by atoms with E-state index in [2.05, 4.69) is 25.5 Å². The molecule has 2 heteroatoms. The molecule has 0 amide bonds. The highest BCUT2D eigenvalue weighted by Gasteiger charge is 1.70. The van der Waals surface area contributed by atoms with Crippen LogP contribution in [0.1, 0.15) is 13.8 Å². The Balaban J connectivity index is 0. The second kappa shape index (κ2) is 9.51. The molecule has 0 radical (unpaired) electrons. The van der Waals surface area contributed by atoms with E-state index in [0.717, 1.165) is 12.2 Å². The van der Waals surface area contributed by atoms with E-state index in [-0.39, 0.29) is 0 Å². The summed E-state index contributed by atoms with van der Waals surface area (Å²) in [4.78, 5) is 0. The van der Waals surface area contributed by atoms with Crippen LogP contribution >= 0.6 is 0 Å². The summed E-state index contributed by atoms with van der Waals surface area (Å²) in [5, 5.41) is 8.51. The van der Waals surface area contributed by atoms with Gasteiger partial charge >= 0.3 is 0 Å². The van der Waals surface area contributed by atoms with Gasteiger partial charge in [-0.2, -0.15) is 0 Å². The predicted octanol–water partition coefficient (Wildman–Crippen LogP) is 1.40. The minimum Gasteiger partial charge on any atom is -0.389 e. The van der Waals surface area contributed by atoms with Crippen molar-refractivity contribution in [1.82, 2.24) is 5.32 Å². The Bertz CT molecular complexity index is 59.5. The van der Waals surface area contributed by atoms with Crippen LogP contribution in [0.25, 0.3) is 0 Å². The minimum absolute atomic E-state index is 0.981. The third-order valence-corrected chi connectivity index (χ3v) is 0.479. The number of nitrogens with one attached hydrogen (secondary N) is 2. The van der Waals surface area contributed by atoms with Crippen LogP contribution in [0.5, 0.6) is 0 Å². The van der Waals surface area contributed by atoms with Crippen LogP contribution in [-0.4, -0.2) is 13.3 Å². The molecule has 0 saturated carbocycles. The van der Waals surface area contributed by atoms with Gasteiger partial charge < -0.3 is 10.7 Å². The highest BCUT2D eigenvalue weighted by Crippen LogP contribution is 1.72. The monoisotopic (exact) mass is 114 g/mol. The first-order valence-electron chi connectivity index (χ1n) is 2.52. The highest BCUT2D eigenvalue weighted by atomic mass is 14.8. The number of hydrogen-bond donors (Lipinski definition) is 2. The van der Waals surface area contributed by atoms with Crippen LogP contribution in [0.4, 0.5) is 0 Å². The third kappa shape index (κ3) is 18.9. The molecular weight excluding hydrogens is 100 g/mol. The Morgan fingerprint density at radius 3 is 2.00 bits per heavy atom. The van der Waals surface area contributed by atoms with Crippen molar-refractivity contribution in [3.8, 4) is 0 Å². The molecule has 0 saturated heterocycles. The van der Waals surface area contributed by atoms with Crippen molar-refractivity contribution < 1.29 is 0 Å². The number of rotatable bonds is 2. The summed E-state index contributed by atoms with van der Waals surface area (Å²) in [7, 11) is 0. The van der Waals surface area contributed by atoms with Crippen molar-refractivity contribution in [2.24, 2.45) is 0 Å². The van der Waals surface area contributed by atoms with E-state index in [1.54, 1.807) is 0 Å². The lowest BCUT2D eigenvalue weighted by atomic mass is 10.5. The summed E-state index contributed by atoms with van der Waals surface area (Å²) in [5.41, 5.74) is 1.04. The first-order valence-corrected chi connectivity index (χ1v) is 2.52. The van der Waals surface area contributed by atoms with Gasteiger partial charge in [0.2, 0.25) is 0 Å². The molecule has 0 fully saturated rings. The van der Waals surface area contributed by atoms with E-state index in [0.29, 0.717) is 0 Å². The molecule has 0 unspecified atom stereocenters. The zero-order chi connectivity index (χ0) is 6.99. The first kappa shape index (κ1) is 10.2. The first-order chi connectivity index (χ1) is 3.77. The summed E-state index contributed by atoms with van der Waals surface area (Å²) in [5.74, 6) is 0. The molecule has 48 valence electrons. The molecule has 2 N–H and O–H groups in total. The fourth-order valence-corrected chi connectivity index (χ4v) is 0.302. The molecule has 0 aromatic heterocycles. The molecule has 0 atom stereocenters. The van der Waals surface area contributed by atoms with Gasteiger partial charge in [-0.15, -0.1) is 0 Å². The summed E-state index contributed by atoms with van der Waals surface area (Å²) in [6.07, 6.45) is 0. The lowest BCUT2D eigenvalue weighted by Gasteiger charge is -1.95. The van der Waals surface area contributed by atoms with E-state index in [1.807, 2.05) is 6.92 Å². The molecule has 0 heterocycles. The summed E-state index contributed by atoms with van der Waals surface area (Å²) in [6, 6.07) is 0. The third-order valence-electron chi connectivity index (χ3n) is 0.479. The van der Waals surface area contributed by atoms with Crippen molar-refractivity contribution in [3.05, 3.63) is 12.3 Å². The Labute approximate surface area is 51.1 Å². The van der Waals surface area contributed by atoms with Gasteiger partial charge in [-0.1, -0.05) is 6.58 Å². The molecule has 2 nitrogen and oxygen atoms in total. The van der Waals surface area contributed by atoms with Crippen LogP contribution < -0.4 is 5.32 Å². The van der Waals surface area contributed by atoms with Crippen LogP contribution in [0.3, 0.4) is 0 Å². The van der Waals surface area contributed by atoms with Crippen LogP contribution in [0.15, 0.2) is 12.3 Å². The smallest absolute Gasteiger partial charge is 0.0115 e. The highest BCUT2D eigenvalue weighted by molar-refractivity contribution is 5.15. The van der Waals surface area contributed by atoms with Gasteiger partial charge in [-0.25, -0.2) is 0 Å². The van der Waals surface area contributed by atoms with Gasteiger partial charge in [0.15, 0.2) is 0 Å². The van der Waals surface area contributed by atoms with E-state index < -0.39 is 0 Å². The van der Waals surface area contributed by atoms with Crippen molar-refractivity contribution in [1.29, 1.82) is 5.41 Å². The lowest BCUT2D eigenvalue weighted by molar-refractivity contribution is 0.859. The Morgan fingerprint density at radius 1 is 1.62 bits per heavy atom. The molecule has 0 rings (SSSR count). The van der Waals surface area contributed by atoms with Gasteiger partial charge in [0.1, 0.15) is 0 Å². The average molecular weight is 114 g/mol. The van der Waals surface area contributed by atoms with E-state index in [9.17, 15) is 0 Å². The summed E-state index contributed by atoms with van der Waals surface area (Å²) >= 11 is 0. The quantitative estimate of drug-likeness (QED) is 0.523. The van der Waals surface area contributed by atoms with Crippen molar-refractivity contribution in [3.63, 3.8) is 0 Å². The maximum absolute atomic E-state index is 5.50. The predicted molar refractivity (Wildman–Crippen MR) is 38.3 cm³/mol. The fourth-order valence-electron chi connectivity index (χ4n) is 0.302. The lowest BCUT2D eigenvalue weighted by Crippen LogP contribution is -2.07. The maximum atomic E-state index is 5.50. The van der Waals surface area contributed by atoms with E-state index >= 15 is 0 Å². The Morgan fingerprint density at radius 2 is 2.00 bits per heavy atom. The summed E-state index contributed by atoms with van der Waals surface area (Å²) in [6.45, 7) is 11.1. The Kier molecular flexibility index (Phi) is 12.2. The van der Waals surface area contributed by atoms with Gasteiger partial charge in [-0.05, 0) is 20.6 Å². The largest absolute Gasteiger partial charge is 0.389 e. The second-order valence-corrected chi connectivity index (χ2v) is 1.31.